The van der Waals surface area contributed by atoms with Crippen LogP contribution in [0.25, 0.3) is 0 Å². The van der Waals surface area contributed by atoms with E-state index in [9.17, 15) is 0 Å². The van der Waals surface area contributed by atoms with Crippen molar-refractivity contribution in [1.82, 2.24) is 0 Å². The van der Waals surface area contributed by atoms with Crippen LogP contribution >= 0.6 is 45.2 Å². The number of nitro groups is 1. The summed E-state index contributed by atoms with van der Waals surface area (Å²) in [5.74, 6) is 0. The fraction of sp³-hybridized carbons (Fsp3) is 1.00. The van der Waals surface area contributed by atoms with Crippen LogP contribution < -0.4 is 0 Å². The minimum absolute atomic E-state index is 0.500. The predicted molar refractivity (Wildman–Crippen MR) is 45.8 cm³/mol. The molecule has 0 rings (SSSR count). The number of hydrogen-bond donors (Lipinski definition) is 0. The Bertz CT molecular complexity index is 45.0. The monoisotopic (exact) mass is 329 g/mol. The molecule has 0 N–H and O–H groups in total. The van der Waals surface area contributed by atoms with Crippen molar-refractivity contribution in [1.29, 1.82) is 0 Å². The zero-order chi connectivity index (χ0) is 6.28. The third-order valence-corrected chi connectivity index (χ3v) is 0. The molecule has 3 nitrogen and oxygen atoms in total. The number of rotatable bonds is 0. The molecule has 0 saturated carbocycles. The van der Waals surface area contributed by atoms with Gasteiger partial charge in [0.2, 0.25) is 0 Å². The molecular formula is C2H5I2NO2. The Morgan fingerprint density at radius 2 is 1.71 bits per heavy atom. The Hall–Kier alpha value is 0.860. The van der Waals surface area contributed by atoms with Crippen molar-refractivity contribution < 1.29 is 4.92 Å². The van der Waals surface area contributed by atoms with Crippen LogP contribution in [-0.4, -0.2) is 14.4 Å². The number of alkyl halides is 2. The molecule has 0 aliphatic rings. The molecule has 5 heteroatoms. The van der Waals surface area contributed by atoms with E-state index in [2.05, 4.69) is 45.2 Å². The summed E-state index contributed by atoms with van der Waals surface area (Å²) in [6.07, 6.45) is 0. The Morgan fingerprint density at radius 1 is 1.71 bits per heavy atom. The quantitative estimate of drug-likeness (QED) is 0.294. The van der Waals surface area contributed by atoms with Crippen LogP contribution in [0.15, 0.2) is 0 Å². The first kappa shape index (κ1) is 10.8. The lowest BCUT2D eigenvalue weighted by Gasteiger charge is -1.63. The highest BCUT2D eigenvalue weighted by atomic mass is 127. The van der Waals surface area contributed by atoms with E-state index in [1.165, 1.54) is 2.43 Å². The van der Waals surface area contributed by atoms with Crippen LogP contribution in [0.5, 0.6) is 0 Å². The predicted octanol–water partition coefficient (Wildman–Crippen LogP) is 1.71. The van der Waals surface area contributed by atoms with Gasteiger partial charge in [0, 0.05) is 4.92 Å². The van der Waals surface area contributed by atoms with Gasteiger partial charge >= 0.3 is 0 Å². The van der Waals surface area contributed by atoms with E-state index < -0.39 is 4.92 Å². The van der Waals surface area contributed by atoms with Gasteiger partial charge in [-0.15, -0.1) is 0 Å². The highest BCUT2D eigenvalue weighted by Crippen LogP contribution is 1.86. The molecule has 0 unspecified atom stereocenters. The zero-order valence-electron chi connectivity index (χ0n) is 3.73. The Morgan fingerprint density at radius 3 is 1.71 bits per heavy atom. The molecule has 44 valence electrons. The van der Waals surface area contributed by atoms with Crippen LogP contribution in [-0.2, 0) is 0 Å². The first-order chi connectivity index (χ1) is 3.15. The Balaban J connectivity index is 0. The minimum atomic E-state index is -0.500. The molecule has 0 saturated heterocycles. The SMILES string of the molecule is C[N+](=O)[O-].ICI. The molecule has 0 aromatic rings. The Labute approximate surface area is 69.3 Å². The molecule has 0 aromatic carbocycles. The van der Waals surface area contributed by atoms with Crippen LogP contribution in [0.3, 0.4) is 0 Å². The summed E-state index contributed by atoms with van der Waals surface area (Å²) in [5, 5.41) is 8.81. The van der Waals surface area contributed by atoms with Crippen molar-refractivity contribution in [2.75, 3.05) is 9.48 Å². The smallest absolute Gasteiger partial charge is 0.194 e. The number of hydrogen-bond acceptors (Lipinski definition) is 2. The summed E-state index contributed by atoms with van der Waals surface area (Å²) in [7, 11) is 0.889. The molecule has 0 atom stereocenters. The second kappa shape index (κ2) is 9.97. The van der Waals surface area contributed by atoms with Crippen molar-refractivity contribution in [3.8, 4) is 0 Å². The maximum absolute atomic E-state index is 8.81. The van der Waals surface area contributed by atoms with E-state index in [4.69, 9.17) is 10.1 Å². The lowest BCUT2D eigenvalue weighted by atomic mass is 11.5. The molecule has 0 aliphatic heterocycles. The van der Waals surface area contributed by atoms with E-state index in [0.717, 1.165) is 7.05 Å². The van der Waals surface area contributed by atoms with E-state index in [0.29, 0.717) is 0 Å². The highest BCUT2D eigenvalue weighted by Gasteiger charge is 1.57. The van der Waals surface area contributed by atoms with Crippen molar-refractivity contribution in [2.24, 2.45) is 0 Å². The molecule has 0 aliphatic carbocycles. The second-order valence-electron chi connectivity index (χ2n) is 0.541. The zero-order valence-corrected chi connectivity index (χ0v) is 8.04. The van der Waals surface area contributed by atoms with Gasteiger partial charge in [-0.05, 0) is 0 Å². The van der Waals surface area contributed by atoms with Gasteiger partial charge in [-0.25, -0.2) is 0 Å². The summed E-state index contributed by atoms with van der Waals surface area (Å²) < 4.78 is 1.19. The van der Waals surface area contributed by atoms with Crippen molar-refractivity contribution in [2.45, 2.75) is 0 Å². The van der Waals surface area contributed by atoms with Crippen molar-refractivity contribution >= 4 is 45.2 Å². The van der Waals surface area contributed by atoms with Crippen LogP contribution in [0.2, 0.25) is 0 Å². The summed E-state index contributed by atoms with van der Waals surface area (Å²) in [4.78, 5) is 8.31. The van der Waals surface area contributed by atoms with Gasteiger partial charge in [0.05, 0.1) is 2.43 Å². The van der Waals surface area contributed by atoms with E-state index >= 15 is 0 Å². The van der Waals surface area contributed by atoms with Crippen LogP contribution in [0.1, 0.15) is 0 Å². The van der Waals surface area contributed by atoms with Gasteiger partial charge in [0.25, 0.3) is 0 Å². The molecule has 0 aromatic heterocycles. The van der Waals surface area contributed by atoms with Gasteiger partial charge in [-0.3, -0.25) is 10.1 Å². The lowest BCUT2D eigenvalue weighted by molar-refractivity contribution is -0.445. The third-order valence-electron chi connectivity index (χ3n) is 0. The van der Waals surface area contributed by atoms with Gasteiger partial charge in [0.1, 0.15) is 0 Å². The molecule has 0 fully saturated rings. The normalized spacial score (nSPS) is 6.14. The first-order valence-electron chi connectivity index (χ1n) is 1.35. The molecule has 0 heterocycles. The van der Waals surface area contributed by atoms with Gasteiger partial charge in [0.15, 0.2) is 7.05 Å². The first-order valence-corrected chi connectivity index (χ1v) is 4.40. The molecule has 0 amide bonds. The summed E-state index contributed by atoms with van der Waals surface area (Å²) in [6, 6.07) is 0. The fourth-order valence-electron chi connectivity index (χ4n) is 0. The molecule has 0 radical (unpaired) electrons. The van der Waals surface area contributed by atoms with Gasteiger partial charge in [-0.2, -0.15) is 0 Å². The number of nitrogens with zero attached hydrogens (tertiary/aromatic N) is 1. The van der Waals surface area contributed by atoms with Crippen LogP contribution in [0.4, 0.5) is 0 Å². The molecular weight excluding hydrogens is 324 g/mol. The van der Waals surface area contributed by atoms with E-state index in [1.54, 1.807) is 0 Å². The van der Waals surface area contributed by atoms with Crippen molar-refractivity contribution in [3.05, 3.63) is 10.1 Å². The summed E-state index contributed by atoms with van der Waals surface area (Å²) >= 11 is 4.55. The lowest BCUT2D eigenvalue weighted by Crippen LogP contribution is -1.79. The molecule has 0 bridgehead atoms. The van der Waals surface area contributed by atoms with Crippen LogP contribution in [0, 0.1) is 10.1 Å². The maximum Gasteiger partial charge on any atom is 0.194 e. The average molecular weight is 329 g/mol. The standard InChI is InChI=1S/CH2I2.CH3NO2/c2-1-3;1-2(3)4/h1H2;1H3. The second-order valence-corrected chi connectivity index (χ2v) is 4.99. The van der Waals surface area contributed by atoms with Crippen molar-refractivity contribution in [3.63, 3.8) is 0 Å². The third kappa shape index (κ3) is 219. The molecule has 0 spiro atoms. The fourth-order valence-corrected chi connectivity index (χ4v) is 0. The average Bonchev–Trinajstić information content (AvgIpc) is 1.33. The Kier molecular flexibility index (Phi) is 15.3. The molecule has 7 heavy (non-hydrogen) atoms. The van der Waals surface area contributed by atoms with Gasteiger partial charge in [-0.1, -0.05) is 45.2 Å². The summed E-state index contributed by atoms with van der Waals surface area (Å²) in [5.41, 5.74) is 0. The number of halogens is 2. The largest absolute Gasteiger partial charge is 0.265 e. The topological polar surface area (TPSA) is 43.1 Å². The minimum Gasteiger partial charge on any atom is -0.265 e. The van der Waals surface area contributed by atoms with E-state index in [-0.39, 0.29) is 0 Å². The van der Waals surface area contributed by atoms with E-state index in [1.807, 2.05) is 0 Å². The highest BCUT2D eigenvalue weighted by molar-refractivity contribution is 14.2. The van der Waals surface area contributed by atoms with Gasteiger partial charge < -0.3 is 0 Å². The summed E-state index contributed by atoms with van der Waals surface area (Å²) in [6.45, 7) is 0. The maximum atomic E-state index is 8.81.